The van der Waals surface area contributed by atoms with Gasteiger partial charge in [0.25, 0.3) is 5.91 Å². The summed E-state index contributed by atoms with van der Waals surface area (Å²) in [6.45, 7) is 0.917. The number of hydrogen-bond acceptors (Lipinski definition) is 2. The molecule has 1 aliphatic rings. The summed E-state index contributed by atoms with van der Waals surface area (Å²) < 4.78 is 1.13. The maximum atomic E-state index is 12.0. The molecule has 0 bridgehead atoms. The average molecular weight is 373 g/mol. The second-order valence-electron chi connectivity index (χ2n) is 5.20. The normalized spacial score (nSPS) is 23.1. The molecule has 19 heavy (non-hydrogen) atoms. The highest BCUT2D eigenvalue weighted by Gasteiger charge is 2.24. The van der Waals surface area contributed by atoms with Gasteiger partial charge in [0.1, 0.15) is 0 Å². The predicted octanol–water partition coefficient (Wildman–Crippen LogP) is 2.82. The number of aliphatic hydroxyl groups excluding tert-OH is 1. The van der Waals surface area contributed by atoms with Crippen LogP contribution in [0.3, 0.4) is 0 Å². The van der Waals surface area contributed by atoms with Crippen molar-refractivity contribution in [3.05, 3.63) is 33.4 Å². The number of nitrogens with one attached hydrogen (secondary N) is 1. The fraction of sp³-hybridized carbons (Fsp3) is 0.533. The first-order valence-corrected chi connectivity index (χ1v) is 7.93. The molecule has 3 nitrogen and oxygen atoms in total. The van der Waals surface area contributed by atoms with Crippen LogP contribution in [0, 0.1) is 15.4 Å². The first kappa shape index (κ1) is 14.8. The van der Waals surface area contributed by atoms with E-state index in [9.17, 15) is 9.90 Å². The minimum Gasteiger partial charge on any atom is -0.396 e. The van der Waals surface area contributed by atoms with Crippen molar-refractivity contribution in [2.75, 3.05) is 13.2 Å². The van der Waals surface area contributed by atoms with E-state index in [1.807, 2.05) is 24.3 Å². The standard InChI is InChI=1S/C15H20INO2/c16-14-7-5-11(6-8-14)15(19)17-9-12-3-1-2-4-13(12)10-18/h5-8,12-13,18H,1-4,9-10H2,(H,17,19). The molecule has 1 amide bonds. The Morgan fingerprint density at radius 2 is 1.84 bits per heavy atom. The van der Waals surface area contributed by atoms with Crippen molar-refractivity contribution in [3.63, 3.8) is 0 Å². The molecule has 0 saturated heterocycles. The highest BCUT2D eigenvalue weighted by atomic mass is 127. The van der Waals surface area contributed by atoms with Gasteiger partial charge < -0.3 is 10.4 Å². The van der Waals surface area contributed by atoms with Crippen molar-refractivity contribution >= 4 is 28.5 Å². The van der Waals surface area contributed by atoms with Crippen molar-refractivity contribution in [1.29, 1.82) is 0 Å². The van der Waals surface area contributed by atoms with E-state index >= 15 is 0 Å². The van der Waals surface area contributed by atoms with Crippen molar-refractivity contribution < 1.29 is 9.90 Å². The third-order valence-corrected chi connectivity index (χ3v) is 4.65. The van der Waals surface area contributed by atoms with E-state index in [-0.39, 0.29) is 12.5 Å². The minimum absolute atomic E-state index is 0.0151. The number of carbonyl (C=O) groups excluding carboxylic acids is 1. The topological polar surface area (TPSA) is 49.3 Å². The highest BCUT2D eigenvalue weighted by molar-refractivity contribution is 14.1. The molecule has 2 rings (SSSR count). The maximum absolute atomic E-state index is 12.0. The third kappa shape index (κ3) is 4.18. The molecule has 0 aromatic heterocycles. The quantitative estimate of drug-likeness (QED) is 0.798. The first-order valence-electron chi connectivity index (χ1n) is 6.85. The molecule has 1 aromatic carbocycles. The molecule has 2 N–H and O–H groups in total. The largest absolute Gasteiger partial charge is 0.396 e. The molecule has 1 aromatic rings. The van der Waals surface area contributed by atoms with Crippen LogP contribution in [0.15, 0.2) is 24.3 Å². The number of hydrogen-bond donors (Lipinski definition) is 2. The molecule has 2 unspecified atom stereocenters. The van der Waals surface area contributed by atoms with Gasteiger partial charge in [0, 0.05) is 22.3 Å². The highest BCUT2D eigenvalue weighted by Crippen LogP contribution is 2.29. The Bertz CT molecular complexity index is 419. The van der Waals surface area contributed by atoms with E-state index in [0.717, 1.165) is 16.4 Å². The summed E-state index contributed by atoms with van der Waals surface area (Å²) in [7, 11) is 0. The van der Waals surface area contributed by atoms with Gasteiger partial charge in [-0.15, -0.1) is 0 Å². The lowest BCUT2D eigenvalue weighted by Crippen LogP contribution is -2.35. The lowest BCUT2D eigenvalue weighted by molar-refractivity contribution is 0.0909. The van der Waals surface area contributed by atoms with Gasteiger partial charge in [-0.1, -0.05) is 12.8 Å². The number of benzene rings is 1. The molecular formula is C15H20INO2. The van der Waals surface area contributed by atoms with Crippen LogP contribution in [0.1, 0.15) is 36.0 Å². The summed E-state index contributed by atoms with van der Waals surface area (Å²) in [5, 5.41) is 12.4. The van der Waals surface area contributed by atoms with Crippen LogP contribution in [0.5, 0.6) is 0 Å². The fourth-order valence-corrected chi connectivity index (χ4v) is 3.08. The van der Waals surface area contributed by atoms with Crippen LogP contribution in [0.25, 0.3) is 0 Å². The van der Waals surface area contributed by atoms with E-state index in [1.54, 1.807) is 0 Å². The molecule has 0 spiro atoms. The summed E-state index contributed by atoms with van der Waals surface area (Å²) >= 11 is 2.22. The summed E-state index contributed by atoms with van der Waals surface area (Å²) in [6.07, 6.45) is 4.60. The fourth-order valence-electron chi connectivity index (χ4n) is 2.72. The minimum atomic E-state index is -0.0151. The Morgan fingerprint density at radius 1 is 1.21 bits per heavy atom. The monoisotopic (exact) mass is 373 g/mol. The molecule has 0 heterocycles. The molecule has 1 saturated carbocycles. The summed E-state index contributed by atoms with van der Waals surface area (Å²) in [5.41, 5.74) is 0.705. The van der Waals surface area contributed by atoms with Crippen molar-refractivity contribution in [2.45, 2.75) is 25.7 Å². The predicted molar refractivity (Wildman–Crippen MR) is 84.0 cm³/mol. The molecule has 0 aliphatic heterocycles. The average Bonchev–Trinajstić information content (AvgIpc) is 2.45. The van der Waals surface area contributed by atoms with Crippen LogP contribution >= 0.6 is 22.6 Å². The van der Waals surface area contributed by atoms with E-state index in [2.05, 4.69) is 27.9 Å². The lowest BCUT2D eigenvalue weighted by atomic mass is 9.79. The molecule has 0 radical (unpaired) electrons. The zero-order valence-corrected chi connectivity index (χ0v) is 13.1. The summed E-state index contributed by atoms with van der Waals surface area (Å²) in [4.78, 5) is 12.0. The van der Waals surface area contributed by atoms with Gasteiger partial charge in [0.05, 0.1) is 0 Å². The molecule has 4 heteroatoms. The van der Waals surface area contributed by atoms with E-state index in [4.69, 9.17) is 0 Å². The first-order chi connectivity index (χ1) is 9.20. The van der Waals surface area contributed by atoms with Crippen LogP contribution < -0.4 is 5.32 Å². The number of halogens is 1. The van der Waals surface area contributed by atoms with Crippen LogP contribution in [0.2, 0.25) is 0 Å². The van der Waals surface area contributed by atoms with Crippen LogP contribution in [0.4, 0.5) is 0 Å². The van der Waals surface area contributed by atoms with E-state index < -0.39 is 0 Å². The van der Waals surface area contributed by atoms with Crippen molar-refractivity contribution in [3.8, 4) is 0 Å². The maximum Gasteiger partial charge on any atom is 0.251 e. The Hall–Kier alpha value is -0.620. The van der Waals surface area contributed by atoms with Crippen molar-refractivity contribution in [2.24, 2.45) is 11.8 Å². The number of aliphatic hydroxyl groups is 1. The SMILES string of the molecule is O=C(NCC1CCCCC1CO)c1ccc(I)cc1. The van der Waals surface area contributed by atoms with E-state index in [1.165, 1.54) is 12.8 Å². The Labute approximate surface area is 127 Å². The summed E-state index contributed by atoms with van der Waals surface area (Å²) in [6, 6.07) is 7.57. The summed E-state index contributed by atoms with van der Waals surface area (Å²) in [5.74, 6) is 0.760. The second-order valence-corrected chi connectivity index (χ2v) is 6.45. The molecule has 2 atom stereocenters. The third-order valence-electron chi connectivity index (χ3n) is 3.93. The van der Waals surface area contributed by atoms with Crippen molar-refractivity contribution in [1.82, 2.24) is 5.32 Å². The number of amides is 1. The smallest absolute Gasteiger partial charge is 0.251 e. The van der Waals surface area contributed by atoms with Gasteiger partial charge in [0.2, 0.25) is 0 Å². The van der Waals surface area contributed by atoms with Gasteiger partial charge in [-0.2, -0.15) is 0 Å². The Morgan fingerprint density at radius 3 is 2.47 bits per heavy atom. The number of carbonyl (C=O) groups is 1. The van der Waals surface area contributed by atoms with Gasteiger partial charge in [0.15, 0.2) is 0 Å². The van der Waals surface area contributed by atoms with Gasteiger partial charge in [-0.3, -0.25) is 4.79 Å². The zero-order valence-electron chi connectivity index (χ0n) is 10.9. The zero-order chi connectivity index (χ0) is 13.7. The molecule has 1 fully saturated rings. The molecule has 1 aliphatic carbocycles. The molecular weight excluding hydrogens is 353 g/mol. The second kappa shape index (κ2) is 7.24. The van der Waals surface area contributed by atoms with Crippen LogP contribution in [-0.4, -0.2) is 24.2 Å². The van der Waals surface area contributed by atoms with E-state index in [0.29, 0.717) is 23.9 Å². The Balaban J connectivity index is 1.87. The van der Waals surface area contributed by atoms with Crippen LogP contribution in [-0.2, 0) is 0 Å². The van der Waals surface area contributed by atoms with Gasteiger partial charge >= 0.3 is 0 Å². The lowest BCUT2D eigenvalue weighted by Gasteiger charge is -2.30. The number of rotatable bonds is 4. The van der Waals surface area contributed by atoms with Gasteiger partial charge in [-0.05, 0) is 71.5 Å². The van der Waals surface area contributed by atoms with Gasteiger partial charge in [-0.25, -0.2) is 0 Å². The molecule has 104 valence electrons. The Kier molecular flexibility index (Phi) is 5.63.